The molecule has 1 aliphatic heterocycles. The van der Waals surface area contributed by atoms with Crippen LogP contribution in [-0.2, 0) is 22.1 Å². The minimum Gasteiger partial charge on any atom is -0.368 e. The lowest BCUT2D eigenvalue weighted by molar-refractivity contribution is -0.141. The maximum atomic E-state index is 12.6. The highest BCUT2D eigenvalue weighted by Crippen LogP contribution is 2.27. The average Bonchev–Trinajstić information content (AvgIpc) is 2.90. The Labute approximate surface area is 119 Å². The standard InChI is InChI=1S/C13H16F3N3O2/c1-8-7-10(13(14,15)16)19-11(18-8)4-5-17-12(20)9-3-2-6-21-9/h7,9H,2-6H2,1H3,(H,17,20). The van der Waals surface area contributed by atoms with E-state index in [1.54, 1.807) is 0 Å². The van der Waals surface area contributed by atoms with Crippen molar-refractivity contribution >= 4 is 5.91 Å². The number of carbonyl (C=O) groups is 1. The number of aromatic nitrogens is 2. The lowest BCUT2D eigenvalue weighted by Crippen LogP contribution is -2.35. The summed E-state index contributed by atoms with van der Waals surface area (Å²) in [5, 5.41) is 2.63. The first kappa shape index (κ1) is 15.7. The first-order valence-corrected chi connectivity index (χ1v) is 6.67. The molecule has 2 heterocycles. The van der Waals surface area contributed by atoms with E-state index >= 15 is 0 Å². The van der Waals surface area contributed by atoms with Gasteiger partial charge in [0.15, 0.2) is 0 Å². The van der Waals surface area contributed by atoms with Crippen molar-refractivity contribution in [3.05, 3.63) is 23.3 Å². The van der Waals surface area contributed by atoms with Crippen molar-refractivity contribution < 1.29 is 22.7 Å². The molecule has 116 valence electrons. The van der Waals surface area contributed by atoms with Gasteiger partial charge in [0.05, 0.1) is 0 Å². The number of amides is 1. The minimum absolute atomic E-state index is 0.0648. The minimum atomic E-state index is -4.50. The number of aryl methyl sites for hydroxylation is 1. The van der Waals surface area contributed by atoms with Gasteiger partial charge in [-0.25, -0.2) is 9.97 Å². The summed E-state index contributed by atoms with van der Waals surface area (Å²) >= 11 is 0. The van der Waals surface area contributed by atoms with Crippen LogP contribution in [0.25, 0.3) is 0 Å². The largest absolute Gasteiger partial charge is 0.433 e. The average molecular weight is 303 g/mol. The van der Waals surface area contributed by atoms with Crippen LogP contribution in [0.2, 0.25) is 0 Å². The molecule has 1 unspecified atom stereocenters. The summed E-state index contributed by atoms with van der Waals surface area (Å²) in [6.45, 7) is 2.22. The Morgan fingerprint density at radius 3 is 2.86 bits per heavy atom. The van der Waals surface area contributed by atoms with Crippen LogP contribution >= 0.6 is 0 Å². The maximum absolute atomic E-state index is 12.6. The number of hydrogen-bond donors (Lipinski definition) is 1. The third-order valence-electron chi connectivity index (χ3n) is 3.06. The molecule has 0 bridgehead atoms. The van der Waals surface area contributed by atoms with Crippen LogP contribution in [0.3, 0.4) is 0 Å². The Kier molecular flexibility index (Phi) is 4.76. The first-order chi connectivity index (χ1) is 9.86. The maximum Gasteiger partial charge on any atom is 0.433 e. The van der Waals surface area contributed by atoms with Gasteiger partial charge < -0.3 is 10.1 Å². The second kappa shape index (κ2) is 6.38. The molecule has 8 heteroatoms. The van der Waals surface area contributed by atoms with Crippen molar-refractivity contribution in [1.29, 1.82) is 0 Å². The zero-order chi connectivity index (χ0) is 15.5. The molecule has 0 radical (unpaired) electrons. The predicted octanol–water partition coefficient (Wildman–Crippen LogP) is 1.64. The molecule has 0 spiro atoms. The van der Waals surface area contributed by atoms with E-state index < -0.39 is 18.0 Å². The first-order valence-electron chi connectivity index (χ1n) is 6.67. The molecule has 1 aliphatic rings. The van der Waals surface area contributed by atoms with E-state index in [0.29, 0.717) is 13.0 Å². The van der Waals surface area contributed by atoms with Gasteiger partial charge in [-0.1, -0.05) is 0 Å². The highest BCUT2D eigenvalue weighted by Gasteiger charge is 2.33. The van der Waals surface area contributed by atoms with Gasteiger partial charge in [0.25, 0.3) is 0 Å². The molecule has 21 heavy (non-hydrogen) atoms. The predicted molar refractivity (Wildman–Crippen MR) is 67.5 cm³/mol. The lowest BCUT2D eigenvalue weighted by atomic mass is 10.2. The third-order valence-corrected chi connectivity index (χ3v) is 3.06. The number of alkyl halides is 3. The van der Waals surface area contributed by atoms with Gasteiger partial charge in [-0.2, -0.15) is 13.2 Å². The number of carbonyl (C=O) groups excluding carboxylic acids is 1. The van der Waals surface area contributed by atoms with Crippen LogP contribution in [0.4, 0.5) is 13.2 Å². The SMILES string of the molecule is Cc1cc(C(F)(F)F)nc(CCNC(=O)C2CCCO2)n1. The smallest absolute Gasteiger partial charge is 0.368 e. The number of hydrogen-bond acceptors (Lipinski definition) is 4. The number of nitrogens with one attached hydrogen (secondary N) is 1. The fourth-order valence-corrected chi connectivity index (χ4v) is 2.08. The molecule has 0 saturated carbocycles. The van der Waals surface area contributed by atoms with E-state index in [1.165, 1.54) is 6.92 Å². The van der Waals surface area contributed by atoms with Crippen LogP contribution < -0.4 is 5.32 Å². The summed E-state index contributed by atoms with van der Waals surface area (Å²) in [6, 6.07) is 0.897. The molecular weight excluding hydrogens is 287 g/mol. The van der Waals surface area contributed by atoms with E-state index in [4.69, 9.17) is 4.74 Å². The Morgan fingerprint density at radius 1 is 1.48 bits per heavy atom. The molecular formula is C13H16F3N3O2. The van der Waals surface area contributed by atoms with Crippen LogP contribution in [0.15, 0.2) is 6.07 Å². The van der Waals surface area contributed by atoms with Gasteiger partial charge in [0.2, 0.25) is 5.91 Å². The molecule has 2 rings (SSSR count). The second-order valence-corrected chi connectivity index (χ2v) is 4.85. The topological polar surface area (TPSA) is 64.1 Å². The van der Waals surface area contributed by atoms with E-state index in [1.807, 2.05) is 0 Å². The van der Waals surface area contributed by atoms with Gasteiger partial charge in [0, 0.05) is 25.3 Å². The Hall–Kier alpha value is -1.70. The number of halogens is 3. The summed E-state index contributed by atoms with van der Waals surface area (Å²) in [5.74, 6) is -0.175. The Morgan fingerprint density at radius 2 is 2.24 bits per heavy atom. The molecule has 1 amide bonds. The zero-order valence-corrected chi connectivity index (χ0v) is 11.5. The Bertz CT molecular complexity index is 514. The van der Waals surface area contributed by atoms with Crippen molar-refractivity contribution in [1.82, 2.24) is 15.3 Å². The van der Waals surface area contributed by atoms with Gasteiger partial charge in [-0.15, -0.1) is 0 Å². The third kappa shape index (κ3) is 4.38. The summed E-state index contributed by atoms with van der Waals surface area (Å²) in [6.07, 6.45) is -3.29. The highest BCUT2D eigenvalue weighted by molar-refractivity contribution is 5.80. The monoisotopic (exact) mass is 303 g/mol. The number of ether oxygens (including phenoxy) is 1. The van der Waals surface area contributed by atoms with E-state index in [0.717, 1.165) is 12.5 Å². The van der Waals surface area contributed by atoms with Crippen molar-refractivity contribution in [2.45, 2.75) is 38.5 Å². The van der Waals surface area contributed by atoms with Crippen molar-refractivity contribution in [2.24, 2.45) is 0 Å². The van der Waals surface area contributed by atoms with Gasteiger partial charge in [0.1, 0.15) is 17.6 Å². The molecule has 0 aliphatic carbocycles. The quantitative estimate of drug-likeness (QED) is 0.918. The molecule has 1 saturated heterocycles. The summed E-state index contributed by atoms with van der Waals surface area (Å²) < 4.78 is 43.1. The van der Waals surface area contributed by atoms with Crippen LogP contribution in [0.1, 0.15) is 30.1 Å². The number of rotatable bonds is 4. The van der Waals surface area contributed by atoms with Gasteiger partial charge in [-0.3, -0.25) is 4.79 Å². The Balaban J connectivity index is 1.91. The summed E-state index contributed by atoms with van der Waals surface area (Å²) in [5.41, 5.74) is -0.715. The molecule has 1 aromatic heterocycles. The van der Waals surface area contributed by atoms with Gasteiger partial charge >= 0.3 is 6.18 Å². The number of nitrogens with zero attached hydrogens (tertiary/aromatic N) is 2. The summed E-state index contributed by atoms with van der Waals surface area (Å²) in [4.78, 5) is 19.1. The fourth-order valence-electron chi connectivity index (χ4n) is 2.08. The van der Waals surface area contributed by atoms with Crippen molar-refractivity contribution in [3.63, 3.8) is 0 Å². The van der Waals surface area contributed by atoms with Crippen LogP contribution in [0.5, 0.6) is 0 Å². The molecule has 0 aromatic carbocycles. The van der Waals surface area contributed by atoms with E-state index in [2.05, 4.69) is 15.3 Å². The van der Waals surface area contributed by atoms with Crippen LogP contribution in [0, 0.1) is 6.92 Å². The zero-order valence-electron chi connectivity index (χ0n) is 11.5. The fraction of sp³-hybridized carbons (Fsp3) is 0.615. The van der Waals surface area contributed by atoms with Gasteiger partial charge in [-0.05, 0) is 25.8 Å². The molecule has 1 N–H and O–H groups in total. The molecule has 1 aromatic rings. The van der Waals surface area contributed by atoms with E-state index in [9.17, 15) is 18.0 Å². The second-order valence-electron chi connectivity index (χ2n) is 4.85. The van der Waals surface area contributed by atoms with Crippen LogP contribution in [-0.4, -0.2) is 35.1 Å². The lowest BCUT2D eigenvalue weighted by Gasteiger charge is -2.11. The highest BCUT2D eigenvalue weighted by atomic mass is 19.4. The normalized spacial score (nSPS) is 18.8. The van der Waals surface area contributed by atoms with Crippen molar-refractivity contribution in [2.75, 3.05) is 13.2 Å². The summed E-state index contributed by atoms with van der Waals surface area (Å²) in [7, 11) is 0. The molecule has 1 fully saturated rings. The molecule has 5 nitrogen and oxygen atoms in total. The van der Waals surface area contributed by atoms with E-state index in [-0.39, 0.29) is 30.4 Å². The van der Waals surface area contributed by atoms with Crippen molar-refractivity contribution in [3.8, 4) is 0 Å². The molecule has 1 atom stereocenters.